The highest BCUT2D eigenvalue weighted by atomic mass is 16.5. The van der Waals surface area contributed by atoms with Gasteiger partial charge < -0.3 is 9.15 Å². The molecule has 0 saturated carbocycles. The van der Waals surface area contributed by atoms with Crippen molar-refractivity contribution in [2.24, 2.45) is 0 Å². The molecule has 0 amide bonds. The van der Waals surface area contributed by atoms with Crippen molar-refractivity contribution in [2.75, 3.05) is 0 Å². The Balaban J connectivity index is 2.11. The molecule has 0 aliphatic heterocycles. The van der Waals surface area contributed by atoms with Crippen molar-refractivity contribution in [1.29, 1.82) is 0 Å². The molecule has 0 aliphatic rings. The Morgan fingerprint density at radius 3 is 2.48 bits per heavy atom. The van der Waals surface area contributed by atoms with Crippen molar-refractivity contribution in [3.05, 3.63) is 60.9 Å². The number of hydrogen-bond acceptors (Lipinski definition) is 2. The minimum absolute atomic E-state index is 0.237. The lowest BCUT2D eigenvalue weighted by molar-refractivity contribution is 0.131. The molecule has 0 radical (unpaired) electrons. The van der Waals surface area contributed by atoms with Crippen molar-refractivity contribution in [3.8, 4) is 16.9 Å². The van der Waals surface area contributed by atoms with Gasteiger partial charge in [-0.3, -0.25) is 0 Å². The van der Waals surface area contributed by atoms with E-state index in [0.29, 0.717) is 0 Å². The van der Waals surface area contributed by atoms with Crippen molar-refractivity contribution < 1.29 is 9.15 Å². The van der Waals surface area contributed by atoms with E-state index in [4.69, 9.17) is 9.15 Å². The largest absolute Gasteiger partial charge is 0.488 e. The molecule has 0 saturated heterocycles. The summed E-state index contributed by atoms with van der Waals surface area (Å²) in [7, 11) is 0. The van der Waals surface area contributed by atoms with Gasteiger partial charge in [-0.2, -0.15) is 0 Å². The molecule has 3 rings (SSSR count). The molecule has 118 valence electrons. The maximum absolute atomic E-state index is 6.07. The van der Waals surface area contributed by atoms with Crippen LogP contribution in [0.2, 0.25) is 0 Å². The Kier molecular flexibility index (Phi) is 3.77. The Hall–Kier alpha value is -2.48. The molecule has 0 aliphatic carbocycles. The average Bonchev–Trinajstić information content (AvgIpc) is 2.92. The predicted octanol–water partition coefficient (Wildman–Crippen LogP) is 6.31. The second-order valence-corrected chi connectivity index (χ2v) is 6.91. The first kappa shape index (κ1) is 15.4. The first-order valence-corrected chi connectivity index (χ1v) is 7.79. The second kappa shape index (κ2) is 5.62. The Bertz CT molecular complexity index is 863. The summed E-state index contributed by atoms with van der Waals surface area (Å²) in [6, 6.07) is 14.5. The van der Waals surface area contributed by atoms with Gasteiger partial charge in [0.25, 0.3) is 0 Å². The van der Waals surface area contributed by atoms with Crippen LogP contribution in [0.1, 0.15) is 33.3 Å². The van der Waals surface area contributed by atoms with Crippen LogP contribution < -0.4 is 4.74 Å². The van der Waals surface area contributed by atoms with Crippen molar-refractivity contribution in [3.63, 3.8) is 0 Å². The molecule has 0 spiro atoms. The van der Waals surface area contributed by atoms with Gasteiger partial charge in [-0.25, -0.2) is 0 Å². The predicted molar refractivity (Wildman–Crippen MR) is 96.7 cm³/mol. The number of benzene rings is 2. The van der Waals surface area contributed by atoms with E-state index in [1.165, 1.54) is 0 Å². The third-order valence-electron chi connectivity index (χ3n) is 3.61. The first-order chi connectivity index (χ1) is 10.8. The minimum Gasteiger partial charge on any atom is -0.488 e. The zero-order chi connectivity index (χ0) is 16.6. The molecule has 1 aromatic heterocycles. The summed E-state index contributed by atoms with van der Waals surface area (Å²) in [4.78, 5) is 0. The smallest absolute Gasteiger partial charge is 0.133 e. The van der Waals surface area contributed by atoms with Crippen LogP contribution >= 0.6 is 0 Å². The number of hydrogen-bond donors (Lipinski definition) is 0. The maximum atomic E-state index is 6.07. The van der Waals surface area contributed by atoms with Crippen LogP contribution in [-0.2, 0) is 0 Å². The Labute approximate surface area is 137 Å². The highest BCUT2D eigenvalue weighted by Crippen LogP contribution is 2.32. The third-order valence-corrected chi connectivity index (χ3v) is 3.61. The van der Waals surface area contributed by atoms with Gasteiger partial charge in [0.15, 0.2) is 0 Å². The van der Waals surface area contributed by atoms with Crippen molar-refractivity contribution in [1.82, 2.24) is 0 Å². The molecular formula is C21H22O2. The van der Waals surface area contributed by atoms with E-state index < -0.39 is 0 Å². The van der Waals surface area contributed by atoms with Crippen LogP contribution in [0.5, 0.6) is 5.75 Å². The van der Waals surface area contributed by atoms with Crippen molar-refractivity contribution in [2.45, 2.75) is 33.3 Å². The number of allylic oxidation sites excluding steroid dienone is 1. The summed E-state index contributed by atoms with van der Waals surface area (Å²) >= 11 is 0. The van der Waals surface area contributed by atoms with Crippen LogP contribution in [0, 0.1) is 0 Å². The monoisotopic (exact) mass is 306 g/mol. The Morgan fingerprint density at radius 1 is 1.00 bits per heavy atom. The summed E-state index contributed by atoms with van der Waals surface area (Å²) in [5.74, 6) is 0.861. The fraction of sp³-hybridized carbons (Fsp3) is 0.238. The molecule has 2 aromatic carbocycles. The summed E-state index contributed by atoms with van der Waals surface area (Å²) in [5, 5.41) is 1.10. The molecular weight excluding hydrogens is 284 g/mol. The highest BCUT2D eigenvalue weighted by Gasteiger charge is 2.14. The number of fused-ring (bicyclic) bond motifs is 1. The zero-order valence-corrected chi connectivity index (χ0v) is 14.1. The molecule has 0 atom stereocenters. The zero-order valence-electron chi connectivity index (χ0n) is 14.1. The van der Waals surface area contributed by atoms with E-state index in [1.54, 1.807) is 6.26 Å². The summed E-state index contributed by atoms with van der Waals surface area (Å²) < 4.78 is 11.5. The number of ether oxygens (including phenoxy) is 1. The van der Waals surface area contributed by atoms with Gasteiger partial charge in [0, 0.05) is 5.39 Å². The first-order valence-electron chi connectivity index (χ1n) is 7.79. The lowest BCUT2D eigenvalue weighted by Gasteiger charge is -2.22. The van der Waals surface area contributed by atoms with Crippen LogP contribution in [0.3, 0.4) is 0 Å². The van der Waals surface area contributed by atoms with Crippen LogP contribution in [0.4, 0.5) is 0 Å². The SMILES string of the molecule is C=C(C)c1cc(OC(C)(C)C)cc(-c2ccc3occc3c2)c1. The quantitative estimate of drug-likeness (QED) is 0.565. The normalized spacial score (nSPS) is 11.7. The second-order valence-electron chi connectivity index (χ2n) is 6.91. The Morgan fingerprint density at radius 2 is 1.78 bits per heavy atom. The molecule has 3 aromatic rings. The van der Waals surface area contributed by atoms with Gasteiger partial charge in [-0.15, -0.1) is 0 Å². The van der Waals surface area contributed by atoms with Crippen LogP contribution in [0.25, 0.3) is 27.7 Å². The third kappa shape index (κ3) is 3.48. The van der Waals surface area contributed by atoms with E-state index >= 15 is 0 Å². The van der Waals surface area contributed by atoms with Gasteiger partial charge in [-0.1, -0.05) is 18.2 Å². The molecule has 0 unspecified atom stereocenters. The lowest BCUT2D eigenvalue weighted by Crippen LogP contribution is -2.23. The van der Waals surface area contributed by atoms with E-state index in [9.17, 15) is 0 Å². The van der Waals surface area contributed by atoms with E-state index in [1.807, 2.05) is 25.1 Å². The van der Waals surface area contributed by atoms with Crippen LogP contribution in [-0.4, -0.2) is 5.60 Å². The van der Waals surface area contributed by atoms with E-state index in [2.05, 4.69) is 51.6 Å². The van der Waals surface area contributed by atoms with Crippen molar-refractivity contribution >= 4 is 16.5 Å². The van der Waals surface area contributed by atoms with Gasteiger partial charge in [0.05, 0.1) is 6.26 Å². The maximum Gasteiger partial charge on any atom is 0.133 e. The van der Waals surface area contributed by atoms with E-state index in [-0.39, 0.29) is 5.60 Å². The molecule has 2 nitrogen and oxygen atoms in total. The molecule has 0 fully saturated rings. The fourth-order valence-corrected chi connectivity index (χ4v) is 2.57. The fourth-order valence-electron chi connectivity index (χ4n) is 2.57. The lowest BCUT2D eigenvalue weighted by atomic mass is 9.99. The van der Waals surface area contributed by atoms with E-state index in [0.717, 1.165) is 39.0 Å². The van der Waals surface area contributed by atoms with Crippen LogP contribution in [0.15, 0.2) is 59.7 Å². The van der Waals surface area contributed by atoms with Gasteiger partial charge in [0.2, 0.25) is 0 Å². The molecule has 23 heavy (non-hydrogen) atoms. The standard InChI is InChI=1S/C21H22O2/c1-14(2)17-11-18(13-19(12-17)23-21(3,4)5)15-6-7-20-16(10-15)8-9-22-20/h6-13H,1H2,2-5H3. The summed E-state index contributed by atoms with van der Waals surface area (Å²) in [5.41, 5.74) is 5.04. The molecule has 2 heteroatoms. The summed E-state index contributed by atoms with van der Waals surface area (Å²) in [6.07, 6.45) is 1.72. The topological polar surface area (TPSA) is 22.4 Å². The van der Waals surface area contributed by atoms with Gasteiger partial charge in [0.1, 0.15) is 16.9 Å². The number of furan rings is 1. The molecule has 0 N–H and O–H groups in total. The van der Waals surface area contributed by atoms with Gasteiger partial charge >= 0.3 is 0 Å². The minimum atomic E-state index is -0.237. The average molecular weight is 306 g/mol. The highest BCUT2D eigenvalue weighted by molar-refractivity contribution is 5.84. The number of rotatable bonds is 3. The molecule has 0 bridgehead atoms. The molecule has 1 heterocycles. The van der Waals surface area contributed by atoms with Gasteiger partial charge in [-0.05, 0) is 80.8 Å². The summed E-state index contributed by atoms with van der Waals surface area (Å²) in [6.45, 7) is 12.2.